The Balaban J connectivity index is 1.97. The van der Waals surface area contributed by atoms with Crippen LogP contribution in [0.1, 0.15) is 4.88 Å². The summed E-state index contributed by atoms with van der Waals surface area (Å²) in [6.07, 6.45) is 0.722. The quantitative estimate of drug-likeness (QED) is 0.899. The molecule has 0 spiro atoms. The predicted octanol–water partition coefficient (Wildman–Crippen LogP) is 3.09. The van der Waals surface area contributed by atoms with Crippen molar-refractivity contribution in [1.29, 1.82) is 0 Å². The normalized spacial score (nSPS) is 11.8. The zero-order valence-electron chi connectivity index (χ0n) is 8.72. The smallest absolute Gasteiger partial charge is 0.210 e. The van der Waals surface area contributed by atoms with Crippen LogP contribution in [0.4, 0.5) is 0 Å². The first-order valence-electron chi connectivity index (χ1n) is 4.84. The molecule has 0 radical (unpaired) electrons. The second kappa shape index (κ2) is 5.62. The van der Waals surface area contributed by atoms with Crippen LogP contribution in [0.15, 0.2) is 37.6 Å². The van der Waals surface area contributed by atoms with Crippen molar-refractivity contribution in [3.63, 3.8) is 0 Å². The van der Waals surface area contributed by atoms with Gasteiger partial charge in [0.1, 0.15) is 4.21 Å². The summed E-state index contributed by atoms with van der Waals surface area (Å²) in [5.74, 6) is 0. The molecule has 7 heteroatoms. The zero-order valence-corrected chi connectivity index (χ0v) is 12.8. The standard InChI is InChI=1S/C10H10BrNO2S3/c11-9-4-7-16-10(9)17(13,14)12-5-3-8-2-1-6-15-8/h1-2,4,6-7,12H,3,5H2. The minimum absolute atomic E-state index is 0.337. The zero-order chi connectivity index (χ0) is 12.3. The van der Waals surface area contributed by atoms with E-state index < -0.39 is 10.0 Å². The Morgan fingerprint density at radius 1 is 1.24 bits per heavy atom. The molecule has 2 aromatic rings. The van der Waals surface area contributed by atoms with E-state index in [0.717, 1.165) is 6.42 Å². The van der Waals surface area contributed by atoms with E-state index in [-0.39, 0.29) is 0 Å². The van der Waals surface area contributed by atoms with Crippen molar-refractivity contribution >= 4 is 48.6 Å². The molecule has 17 heavy (non-hydrogen) atoms. The number of hydrogen-bond donors (Lipinski definition) is 1. The maximum Gasteiger partial charge on any atom is 0.251 e. The summed E-state index contributed by atoms with van der Waals surface area (Å²) in [4.78, 5) is 1.18. The fourth-order valence-corrected chi connectivity index (χ4v) is 5.42. The molecule has 2 aromatic heterocycles. The molecule has 0 aliphatic heterocycles. The van der Waals surface area contributed by atoms with E-state index in [0.29, 0.717) is 15.2 Å². The fraction of sp³-hybridized carbons (Fsp3) is 0.200. The summed E-state index contributed by atoms with van der Waals surface area (Å²) in [6, 6.07) is 5.70. The highest BCUT2D eigenvalue weighted by Gasteiger charge is 2.18. The minimum atomic E-state index is -3.37. The predicted molar refractivity (Wildman–Crippen MR) is 75.2 cm³/mol. The van der Waals surface area contributed by atoms with Crippen LogP contribution in [0, 0.1) is 0 Å². The van der Waals surface area contributed by atoms with Crippen LogP contribution < -0.4 is 4.72 Å². The van der Waals surface area contributed by atoms with Crippen LogP contribution in [-0.2, 0) is 16.4 Å². The molecule has 1 N–H and O–H groups in total. The molecule has 92 valence electrons. The van der Waals surface area contributed by atoms with Gasteiger partial charge in [-0.25, -0.2) is 13.1 Å². The van der Waals surface area contributed by atoms with Gasteiger partial charge in [0.2, 0.25) is 0 Å². The SMILES string of the molecule is O=S(=O)(NCCc1cccs1)c1sccc1Br. The summed E-state index contributed by atoms with van der Waals surface area (Å²) >= 11 is 6.07. The van der Waals surface area contributed by atoms with Crippen LogP contribution >= 0.6 is 38.6 Å². The van der Waals surface area contributed by atoms with Crippen LogP contribution in [-0.4, -0.2) is 15.0 Å². The van der Waals surface area contributed by atoms with Gasteiger partial charge in [-0.2, -0.15) is 0 Å². The summed E-state index contributed by atoms with van der Waals surface area (Å²) in [7, 11) is -3.37. The maximum atomic E-state index is 11.9. The third kappa shape index (κ3) is 3.38. The molecule has 2 heterocycles. The van der Waals surface area contributed by atoms with Crippen molar-refractivity contribution in [3.05, 3.63) is 38.3 Å². The van der Waals surface area contributed by atoms with Gasteiger partial charge in [-0.1, -0.05) is 6.07 Å². The molecule has 0 aliphatic carbocycles. The number of thiophene rings is 2. The van der Waals surface area contributed by atoms with Crippen molar-refractivity contribution in [1.82, 2.24) is 4.72 Å². The Morgan fingerprint density at radius 2 is 2.06 bits per heavy atom. The first-order chi connectivity index (χ1) is 8.09. The summed E-state index contributed by atoms with van der Waals surface area (Å²) in [5, 5.41) is 3.73. The molecule has 3 nitrogen and oxygen atoms in total. The van der Waals surface area contributed by atoms with Crippen molar-refractivity contribution in [2.24, 2.45) is 0 Å². The average Bonchev–Trinajstić information content (AvgIpc) is 2.88. The average molecular weight is 352 g/mol. The third-order valence-electron chi connectivity index (χ3n) is 2.07. The van der Waals surface area contributed by atoms with Crippen molar-refractivity contribution < 1.29 is 8.42 Å². The molecule has 0 fully saturated rings. The lowest BCUT2D eigenvalue weighted by Gasteiger charge is -2.04. The maximum absolute atomic E-state index is 11.9. The molecule has 0 unspecified atom stereocenters. The van der Waals surface area contributed by atoms with Crippen LogP contribution in [0.5, 0.6) is 0 Å². The number of halogens is 1. The Morgan fingerprint density at radius 3 is 2.65 bits per heavy atom. The molecule has 0 aromatic carbocycles. The second-order valence-electron chi connectivity index (χ2n) is 3.28. The van der Waals surface area contributed by atoms with Crippen LogP contribution in [0.3, 0.4) is 0 Å². The summed E-state index contributed by atoms with van der Waals surface area (Å²) in [5.41, 5.74) is 0. The lowest BCUT2D eigenvalue weighted by Crippen LogP contribution is -2.25. The van der Waals surface area contributed by atoms with E-state index in [4.69, 9.17) is 0 Å². The van der Waals surface area contributed by atoms with Crippen molar-refractivity contribution in [2.75, 3.05) is 6.54 Å². The van der Waals surface area contributed by atoms with Gasteiger partial charge in [0, 0.05) is 15.9 Å². The van der Waals surface area contributed by atoms with E-state index in [9.17, 15) is 8.42 Å². The topological polar surface area (TPSA) is 46.2 Å². The van der Waals surface area contributed by atoms with Crippen LogP contribution in [0.2, 0.25) is 0 Å². The highest BCUT2D eigenvalue weighted by Crippen LogP contribution is 2.27. The molecule has 0 atom stereocenters. The van der Waals surface area contributed by atoms with E-state index in [1.807, 2.05) is 17.5 Å². The number of sulfonamides is 1. The third-order valence-corrected chi connectivity index (χ3v) is 7.14. The number of nitrogens with one attached hydrogen (secondary N) is 1. The van der Waals surface area contributed by atoms with E-state index in [2.05, 4.69) is 20.7 Å². The van der Waals surface area contributed by atoms with E-state index in [1.54, 1.807) is 22.8 Å². The summed E-state index contributed by atoms with van der Waals surface area (Å²) < 4.78 is 27.4. The monoisotopic (exact) mass is 351 g/mol. The molecule has 0 saturated heterocycles. The van der Waals surface area contributed by atoms with Gasteiger partial charge in [0.05, 0.1) is 0 Å². The van der Waals surface area contributed by atoms with E-state index in [1.165, 1.54) is 16.2 Å². The first kappa shape index (κ1) is 13.2. The van der Waals surface area contributed by atoms with Crippen molar-refractivity contribution in [2.45, 2.75) is 10.6 Å². The van der Waals surface area contributed by atoms with Crippen molar-refractivity contribution in [3.8, 4) is 0 Å². The largest absolute Gasteiger partial charge is 0.251 e. The molecule has 0 amide bonds. The van der Waals surface area contributed by atoms with Gasteiger partial charge in [-0.3, -0.25) is 0 Å². The Kier molecular flexibility index (Phi) is 4.37. The molecular formula is C10H10BrNO2S3. The first-order valence-corrected chi connectivity index (χ1v) is 8.88. The summed E-state index contributed by atoms with van der Waals surface area (Å²) in [6.45, 7) is 0.424. The lowest BCUT2D eigenvalue weighted by atomic mass is 10.3. The Labute approximate surface area is 117 Å². The van der Waals surface area contributed by atoms with Crippen LogP contribution in [0.25, 0.3) is 0 Å². The Hall–Kier alpha value is -0.210. The molecule has 2 rings (SSSR count). The molecule has 0 bridgehead atoms. The second-order valence-corrected chi connectivity index (χ2v) is 8.05. The van der Waals surface area contributed by atoms with Gasteiger partial charge in [0.25, 0.3) is 10.0 Å². The highest BCUT2D eigenvalue weighted by molar-refractivity contribution is 9.10. The van der Waals surface area contributed by atoms with Gasteiger partial charge in [0.15, 0.2) is 0 Å². The van der Waals surface area contributed by atoms with Gasteiger partial charge in [-0.15, -0.1) is 22.7 Å². The lowest BCUT2D eigenvalue weighted by molar-refractivity contribution is 0.583. The number of hydrogen-bond acceptors (Lipinski definition) is 4. The molecular weight excluding hydrogens is 342 g/mol. The molecule has 0 saturated carbocycles. The Bertz CT molecular complexity index is 574. The molecule has 0 aliphatic rings. The van der Waals surface area contributed by atoms with E-state index >= 15 is 0 Å². The number of rotatable bonds is 5. The van der Waals surface area contributed by atoms with Gasteiger partial charge < -0.3 is 0 Å². The fourth-order valence-electron chi connectivity index (χ4n) is 1.30. The van der Waals surface area contributed by atoms with Gasteiger partial charge >= 0.3 is 0 Å². The van der Waals surface area contributed by atoms with Gasteiger partial charge in [-0.05, 0) is 45.2 Å². The minimum Gasteiger partial charge on any atom is -0.210 e. The highest BCUT2D eigenvalue weighted by atomic mass is 79.9.